The van der Waals surface area contributed by atoms with Crippen molar-refractivity contribution >= 4 is 52.3 Å². The summed E-state index contributed by atoms with van der Waals surface area (Å²) in [5, 5.41) is 5.40. The number of anilines is 1. The largest absolute Gasteiger partial charge is 0.274 e. The second-order valence-electron chi connectivity index (χ2n) is 7.23. The lowest BCUT2D eigenvalue weighted by atomic mass is 9.90. The molecule has 0 bridgehead atoms. The van der Waals surface area contributed by atoms with Gasteiger partial charge in [0.15, 0.2) is 0 Å². The van der Waals surface area contributed by atoms with E-state index >= 15 is 0 Å². The number of nitrogens with zero attached hydrogens (tertiary/aromatic N) is 3. The van der Waals surface area contributed by atoms with Gasteiger partial charge in [0.2, 0.25) is 5.91 Å². The van der Waals surface area contributed by atoms with Crippen LogP contribution < -0.4 is 4.90 Å². The molecule has 3 atom stereocenters. The lowest BCUT2D eigenvalue weighted by Gasteiger charge is -2.30. The molecular weight excluding hydrogens is 421 g/mol. The highest BCUT2D eigenvalue weighted by Gasteiger charge is 2.63. The van der Waals surface area contributed by atoms with Gasteiger partial charge in [0.05, 0.1) is 27.7 Å². The number of rotatable bonds is 2. The summed E-state index contributed by atoms with van der Waals surface area (Å²) in [6.45, 7) is 1.56. The van der Waals surface area contributed by atoms with Gasteiger partial charge in [-0.05, 0) is 36.2 Å². The molecule has 0 spiro atoms. The maximum atomic E-state index is 13.5. The molecule has 3 fully saturated rings. The molecule has 2 aromatic carbocycles. The Morgan fingerprint density at radius 1 is 0.786 bits per heavy atom. The van der Waals surface area contributed by atoms with Crippen molar-refractivity contribution in [2.45, 2.75) is 18.5 Å². The molecule has 8 heteroatoms. The van der Waals surface area contributed by atoms with E-state index in [0.29, 0.717) is 5.02 Å². The van der Waals surface area contributed by atoms with E-state index in [4.69, 9.17) is 34.8 Å². The maximum absolute atomic E-state index is 13.5. The summed E-state index contributed by atoms with van der Waals surface area (Å²) in [4.78, 5) is 28.0. The van der Waals surface area contributed by atoms with E-state index in [1.807, 2.05) is 29.3 Å². The van der Waals surface area contributed by atoms with Crippen molar-refractivity contribution in [3.63, 3.8) is 0 Å². The Bertz CT molecular complexity index is 961. The molecule has 2 amide bonds. The zero-order chi connectivity index (χ0) is 19.6. The normalized spacial score (nSPS) is 27.5. The molecule has 5 rings (SSSR count). The predicted molar refractivity (Wildman–Crippen MR) is 108 cm³/mol. The second-order valence-corrected chi connectivity index (χ2v) is 8.48. The van der Waals surface area contributed by atoms with Gasteiger partial charge in [0, 0.05) is 18.1 Å². The number of imide groups is 1. The Labute approximate surface area is 177 Å². The number of carbonyl (C=O) groups is 2. The lowest BCUT2D eigenvalue weighted by molar-refractivity contribution is -0.126. The number of hydrazine groups is 1. The summed E-state index contributed by atoms with van der Waals surface area (Å²) in [7, 11) is 0. The minimum Gasteiger partial charge on any atom is -0.274 e. The minimum atomic E-state index is -0.539. The van der Waals surface area contributed by atoms with Gasteiger partial charge in [-0.1, -0.05) is 53.0 Å². The zero-order valence-electron chi connectivity index (χ0n) is 14.7. The monoisotopic (exact) mass is 435 g/mol. The van der Waals surface area contributed by atoms with Crippen LogP contribution in [0.25, 0.3) is 0 Å². The van der Waals surface area contributed by atoms with Crippen LogP contribution in [0, 0.1) is 5.92 Å². The van der Waals surface area contributed by atoms with Gasteiger partial charge in [0.1, 0.15) is 6.04 Å². The van der Waals surface area contributed by atoms with Crippen LogP contribution in [0.5, 0.6) is 0 Å². The van der Waals surface area contributed by atoms with Crippen molar-refractivity contribution in [1.82, 2.24) is 10.0 Å². The molecule has 0 radical (unpaired) electrons. The van der Waals surface area contributed by atoms with Crippen molar-refractivity contribution in [2.75, 3.05) is 18.0 Å². The molecule has 144 valence electrons. The van der Waals surface area contributed by atoms with Crippen molar-refractivity contribution in [2.24, 2.45) is 5.92 Å². The Morgan fingerprint density at radius 3 is 2.04 bits per heavy atom. The topological polar surface area (TPSA) is 43.9 Å². The maximum Gasteiger partial charge on any atom is 0.253 e. The third-order valence-electron chi connectivity index (χ3n) is 5.78. The lowest BCUT2D eigenvalue weighted by Crippen LogP contribution is -2.44. The summed E-state index contributed by atoms with van der Waals surface area (Å²) in [5.74, 6) is -1.05. The number of halogens is 3. The SMILES string of the molecule is O=C1[C@@H]2[C@@H](c3ccc(Cl)cc3)N3CCCN3[C@H]2C(=O)N1c1c(Cl)cccc1Cl. The smallest absolute Gasteiger partial charge is 0.253 e. The first-order valence-electron chi connectivity index (χ1n) is 9.09. The van der Waals surface area contributed by atoms with Crippen LogP contribution in [-0.2, 0) is 9.59 Å². The molecule has 28 heavy (non-hydrogen) atoms. The number of para-hydroxylation sites is 1. The molecule has 0 aliphatic carbocycles. The van der Waals surface area contributed by atoms with Crippen molar-refractivity contribution < 1.29 is 9.59 Å². The van der Waals surface area contributed by atoms with Crippen LogP contribution in [0.2, 0.25) is 15.1 Å². The number of benzene rings is 2. The van der Waals surface area contributed by atoms with E-state index in [1.54, 1.807) is 18.2 Å². The van der Waals surface area contributed by atoms with Crippen LogP contribution in [0.15, 0.2) is 42.5 Å². The Kier molecular flexibility index (Phi) is 4.41. The molecule has 2 aromatic rings. The van der Waals surface area contributed by atoms with Gasteiger partial charge in [-0.15, -0.1) is 0 Å². The van der Waals surface area contributed by atoms with Gasteiger partial charge in [0.25, 0.3) is 5.91 Å². The molecule has 3 saturated heterocycles. The number of hydrogen-bond acceptors (Lipinski definition) is 4. The van der Waals surface area contributed by atoms with Crippen LogP contribution in [-0.4, -0.2) is 41.0 Å². The number of hydrogen-bond donors (Lipinski definition) is 0. The van der Waals surface area contributed by atoms with Crippen molar-refractivity contribution in [3.05, 3.63) is 63.1 Å². The molecule has 0 aromatic heterocycles. The fraction of sp³-hybridized carbons (Fsp3) is 0.300. The minimum absolute atomic E-state index is 0.215. The molecule has 0 unspecified atom stereocenters. The van der Waals surface area contributed by atoms with Crippen LogP contribution >= 0.6 is 34.8 Å². The fourth-order valence-electron chi connectivity index (χ4n) is 4.70. The van der Waals surface area contributed by atoms with E-state index in [1.165, 1.54) is 4.90 Å². The fourth-order valence-corrected chi connectivity index (χ4v) is 5.39. The average molecular weight is 437 g/mol. The standard InChI is InChI=1S/C20H16Cl3N3O2/c21-12-7-5-11(6-8-12)16-15-18(25-10-2-9-24(16)25)20(28)26(19(15)27)17-13(22)3-1-4-14(17)23/h1,3-8,15-16,18H,2,9-10H2/t15-,16-,18-/m1/s1. The quantitative estimate of drug-likeness (QED) is 0.663. The van der Waals surface area contributed by atoms with Gasteiger partial charge < -0.3 is 0 Å². The first-order chi connectivity index (χ1) is 13.5. The van der Waals surface area contributed by atoms with Gasteiger partial charge >= 0.3 is 0 Å². The third-order valence-corrected chi connectivity index (χ3v) is 6.64. The Hall–Kier alpha value is -1.63. The van der Waals surface area contributed by atoms with Crippen molar-refractivity contribution in [3.8, 4) is 0 Å². The third kappa shape index (κ3) is 2.54. The number of carbonyl (C=O) groups excluding carboxylic acids is 2. The number of fused-ring (bicyclic) bond motifs is 3. The van der Waals surface area contributed by atoms with Gasteiger partial charge in [-0.25, -0.2) is 14.9 Å². The summed E-state index contributed by atoms with van der Waals surface area (Å²) >= 11 is 18.7. The van der Waals surface area contributed by atoms with Crippen LogP contribution in [0.4, 0.5) is 5.69 Å². The van der Waals surface area contributed by atoms with Gasteiger partial charge in [-0.3, -0.25) is 9.59 Å². The molecule has 3 heterocycles. The molecule has 0 saturated carbocycles. The highest BCUT2D eigenvalue weighted by molar-refractivity contribution is 6.42. The Balaban J connectivity index is 1.62. The molecule has 5 nitrogen and oxygen atoms in total. The average Bonchev–Trinajstić information content (AvgIpc) is 3.30. The van der Waals surface area contributed by atoms with E-state index < -0.39 is 12.0 Å². The highest BCUT2D eigenvalue weighted by atomic mass is 35.5. The summed E-state index contributed by atoms with van der Waals surface area (Å²) in [6, 6.07) is 11.7. The van der Waals surface area contributed by atoms with E-state index in [0.717, 1.165) is 25.1 Å². The molecular formula is C20H16Cl3N3O2. The van der Waals surface area contributed by atoms with E-state index in [-0.39, 0.29) is 33.6 Å². The van der Waals surface area contributed by atoms with E-state index in [9.17, 15) is 9.59 Å². The van der Waals surface area contributed by atoms with Crippen molar-refractivity contribution in [1.29, 1.82) is 0 Å². The zero-order valence-corrected chi connectivity index (χ0v) is 17.0. The molecule has 0 N–H and O–H groups in total. The highest BCUT2D eigenvalue weighted by Crippen LogP contribution is 2.50. The predicted octanol–water partition coefficient (Wildman–Crippen LogP) is 4.18. The first kappa shape index (κ1) is 18.4. The molecule has 3 aliphatic rings. The summed E-state index contributed by atoms with van der Waals surface area (Å²) in [6.07, 6.45) is 0.946. The summed E-state index contributed by atoms with van der Waals surface area (Å²) in [5.41, 5.74) is 1.24. The second kappa shape index (κ2) is 6.71. The Morgan fingerprint density at radius 2 is 1.39 bits per heavy atom. The first-order valence-corrected chi connectivity index (χ1v) is 10.2. The van der Waals surface area contributed by atoms with Crippen LogP contribution in [0.3, 0.4) is 0 Å². The number of amides is 2. The van der Waals surface area contributed by atoms with E-state index in [2.05, 4.69) is 5.01 Å². The molecule has 3 aliphatic heterocycles. The van der Waals surface area contributed by atoms with Crippen LogP contribution in [0.1, 0.15) is 18.0 Å². The summed E-state index contributed by atoms with van der Waals surface area (Å²) < 4.78 is 0. The van der Waals surface area contributed by atoms with Gasteiger partial charge in [-0.2, -0.15) is 0 Å².